The van der Waals surface area contributed by atoms with Crippen LogP contribution < -0.4 is 0 Å². The molecule has 1 rings (SSSR count). The second kappa shape index (κ2) is 8.38. The maximum absolute atomic E-state index is 11.4. The molecule has 1 atom stereocenters. The zero-order chi connectivity index (χ0) is 15.0. The normalized spacial score (nSPS) is 12.9. The van der Waals surface area contributed by atoms with E-state index in [2.05, 4.69) is 0 Å². The first kappa shape index (κ1) is 16.2. The maximum Gasteiger partial charge on any atom is 0.334 e. The van der Waals surface area contributed by atoms with Crippen LogP contribution in [0.15, 0.2) is 36.1 Å². The van der Waals surface area contributed by atoms with Crippen molar-refractivity contribution in [3.63, 3.8) is 0 Å². The third-order valence-electron chi connectivity index (χ3n) is 2.75. The molecule has 0 aliphatic rings. The van der Waals surface area contributed by atoms with Gasteiger partial charge in [-0.3, -0.25) is 0 Å². The van der Waals surface area contributed by atoms with Crippen LogP contribution in [0.2, 0.25) is 0 Å². The number of aliphatic hydroxyl groups excluding tert-OH is 1. The predicted molar refractivity (Wildman–Crippen MR) is 77.1 cm³/mol. The van der Waals surface area contributed by atoms with Crippen LogP contribution in [0, 0.1) is 6.92 Å². The van der Waals surface area contributed by atoms with Crippen LogP contribution >= 0.6 is 0 Å². The highest BCUT2D eigenvalue weighted by molar-refractivity contribution is 5.82. The monoisotopic (exact) mass is 278 g/mol. The average Bonchev–Trinajstić information content (AvgIpc) is 2.39. The molecule has 0 spiro atoms. The first-order chi connectivity index (χ1) is 9.56. The number of hydrogen-bond acceptors (Lipinski definition) is 4. The largest absolute Gasteiger partial charge is 0.498 e. The molecule has 0 aromatic heterocycles. The number of ether oxygens (including phenoxy) is 2. The van der Waals surface area contributed by atoms with E-state index in [1.54, 1.807) is 6.92 Å². The van der Waals surface area contributed by atoms with Crippen molar-refractivity contribution in [2.45, 2.75) is 33.3 Å². The van der Waals surface area contributed by atoms with Crippen molar-refractivity contribution in [2.24, 2.45) is 0 Å². The van der Waals surface area contributed by atoms with Crippen LogP contribution in [-0.4, -0.2) is 24.3 Å². The Labute approximate surface area is 120 Å². The van der Waals surface area contributed by atoms with Crippen molar-refractivity contribution >= 4 is 5.97 Å². The molecule has 0 heterocycles. The SMILES string of the molecule is CCOC(=O)/C=C(\C[C@@H](O)c1ccc(C)cc1)OCC. The third kappa shape index (κ3) is 5.45. The first-order valence-corrected chi connectivity index (χ1v) is 6.81. The molecule has 0 radical (unpaired) electrons. The van der Waals surface area contributed by atoms with Crippen molar-refractivity contribution < 1.29 is 19.4 Å². The van der Waals surface area contributed by atoms with E-state index in [0.29, 0.717) is 19.0 Å². The highest BCUT2D eigenvalue weighted by Crippen LogP contribution is 2.22. The lowest BCUT2D eigenvalue weighted by molar-refractivity contribution is -0.137. The number of benzene rings is 1. The summed E-state index contributed by atoms with van der Waals surface area (Å²) >= 11 is 0. The van der Waals surface area contributed by atoms with Gasteiger partial charge in [0.05, 0.1) is 25.4 Å². The summed E-state index contributed by atoms with van der Waals surface area (Å²) in [6.07, 6.45) is 0.836. The molecular weight excluding hydrogens is 256 g/mol. The minimum Gasteiger partial charge on any atom is -0.498 e. The van der Waals surface area contributed by atoms with Crippen LogP contribution in [0.3, 0.4) is 0 Å². The van der Waals surface area contributed by atoms with Gasteiger partial charge in [0.2, 0.25) is 0 Å². The van der Waals surface area contributed by atoms with E-state index < -0.39 is 12.1 Å². The summed E-state index contributed by atoms with van der Waals surface area (Å²) in [5, 5.41) is 10.2. The van der Waals surface area contributed by atoms with Gasteiger partial charge in [0, 0.05) is 6.42 Å². The number of hydrogen-bond donors (Lipinski definition) is 1. The number of rotatable bonds is 7. The van der Waals surface area contributed by atoms with E-state index in [1.807, 2.05) is 38.1 Å². The standard InChI is InChI=1S/C16H22O4/c1-4-19-14(11-16(18)20-5-2)10-15(17)13-8-6-12(3)7-9-13/h6-9,11,15,17H,4-5,10H2,1-3H3/b14-11+/t15-/m1/s1. The molecule has 4 nitrogen and oxygen atoms in total. The Morgan fingerprint density at radius 2 is 1.80 bits per heavy atom. The molecule has 1 aromatic carbocycles. The molecule has 110 valence electrons. The summed E-state index contributed by atoms with van der Waals surface area (Å²) in [5.41, 5.74) is 1.93. The van der Waals surface area contributed by atoms with Gasteiger partial charge >= 0.3 is 5.97 Å². The fourth-order valence-electron chi connectivity index (χ4n) is 1.76. The van der Waals surface area contributed by atoms with E-state index in [0.717, 1.165) is 11.1 Å². The molecule has 20 heavy (non-hydrogen) atoms. The highest BCUT2D eigenvalue weighted by atomic mass is 16.5. The molecule has 0 unspecified atom stereocenters. The molecule has 0 bridgehead atoms. The molecule has 4 heteroatoms. The van der Waals surface area contributed by atoms with Gasteiger partial charge in [-0.25, -0.2) is 4.79 Å². The molecule has 0 saturated carbocycles. The zero-order valence-electron chi connectivity index (χ0n) is 12.3. The molecule has 0 fully saturated rings. The molecule has 0 amide bonds. The second-order valence-electron chi connectivity index (χ2n) is 4.43. The summed E-state index contributed by atoms with van der Waals surface area (Å²) in [6.45, 7) is 6.31. The van der Waals surface area contributed by atoms with Crippen molar-refractivity contribution in [3.8, 4) is 0 Å². The summed E-state index contributed by atoms with van der Waals surface area (Å²) in [4.78, 5) is 11.4. The Morgan fingerprint density at radius 1 is 1.20 bits per heavy atom. The fourth-order valence-corrected chi connectivity index (χ4v) is 1.76. The van der Waals surface area contributed by atoms with Gasteiger partial charge in [-0.05, 0) is 26.3 Å². The molecule has 1 N–H and O–H groups in total. The second-order valence-corrected chi connectivity index (χ2v) is 4.43. The quantitative estimate of drug-likeness (QED) is 0.473. The Hall–Kier alpha value is -1.81. The smallest absolute Gasteiger partial charge is 0.334 e. The summed E-state index contributed by atoms with van der Waals surface area (Å²) < 4.78 is 10.2. The summed E-state index contributed by atoms with van der Waals surface area (Å²) in [5.74, 6) is -0.0221. The third-order valence-corrected chi connectivity index (χ3v) is 2.75. The predicted octanol–water partition coefficient (Wildman–Crippen LogP) is 2.90. The van der Waals surface area contributed by atoms with Crippen LogP contribution in [0.25, 0.3) is 0 Å². The zero-order valence-corrected chi connectivity index (χ0v) is 12.3. The number of aryl methyl sites for hydroxylation is 1. The topological polar surface area (TPSA) is 55.8 Å². The number of carbonyl (C=O) groups excluding carboxylic acids is 1. The first-order valence-electron chi connectivity index (χ1n) is 6.81. The summed E-state index contributed by atoms with van der Waals surface area (Å²) in [6, 6.07) is 7.61. The Kier molecular flexibility index (Phi) is 6.81. The molecular formula is C16H22O4. The van der Waals surface area contributed by atoms with Gasteiger partial charge in [0.1, 0.15) is 5.76 Å². The van der Waals surface area contributed by atoms with Gasteiger partial charge in [0.15, 0.2) is 0 Å². The van der Waals surface area contributed by atoms with Crippen LogP contribution in [0.4, 0.5) is 0 Å². The van der Waals surface area contributed by atoms with E-state index in [4.69, 9.17) is 9.47 Å². The van der Waals surface area contributed by atoms with Crippen LogP contribution in [0.5, 0.6) is 0 Å². The van der Waals surface area contributed by atoms with Crippen molar-refractivity contribution in [1.29, 1.82) is 0 Å². The van der Waals surface area contributed by atoms with Gasteiger partial charge < -0.3 is 14.6 Å². The fraction of sp³-hybridized carbons (Fsp3) is 0.438. The lowest BCUT2D eigenvalue weighted by Crippen LogP contribution is -2.06. The van der Waals surface area contributed by atoms with Gasteiger partial charge in [0.25, 0.3) is 0 Å². The molecule has 0 saturated heterocycles. The minimum atomic E-state index is -0.706. The lowest BCUT2D eigenvalue weighted by Gasteiger charge is -2.14. The van der Waals surface area contributed by atoms with E-state index in [1.165, 1.54) is 6.08 Å². The van der Waals surface area contributed by atoms with Crippen molar-refractivity contribution in [2.75, 3.05) is 13.2 Å². The lowest BCUT2D eigenvalue weighted by atomic mass is 10.0. The van der Waals surface area contributed by atoms with Crippen molar-refractivity contribution in [1.82, 2.24) is 0 Å². The van der Waals surface area contributed by atoms with Crippen molar-refractivity contribution in [3.05, 3.63) is 47.2 Å². The Morgan fingerprint density at radius 3 is 2.35 bits per heavy atom. The van der Waals surface area contributed by atoms with Crippen LogP contribution in [-0.2, 0) is 14.3 Å². The minimum absolute atomic E-state index is 0.246. The average molecular weight is 278 g/mol. The Bertz CT molecular complexity index is 448. The molecule has 1 aromatic rings. The van der Waals surface area contributed by atoms with Gasteiger partial charge in [-0.15, -0.1) is 0 Å². The number of carbonyl (C=O) groups is 1. The Balaban J connectivity index is 2.74. The van der Waals surface area contributed by atoms with Gasteiger partial charge in [-0.2, -0.15) is 0 Å². The van der Waals surface area contributed by atoms with Crippen LogP contribution in [0.1, 0.15) is 37.5 Å². The summed E-state index contributed by atoms with van der Waals surface area (Å²) in [7, 11) is 0. The molecule has 0 aliphatic heterocycles. The number of esters is 1. The molecule has 0 aliphatic carbocycles. The number of aliphatic hydroxyl groups is 1. The van der Waals surface area contributed by atoms with E-state index in [9.17, 15) is 9.90 Å². The van der Waals surface area contributed by atoms with Gasteiger partial charge in [-0.1, -0.05) is 29.8 Å². The highest BCUT2D eigenvalue weighted by Gasteiger charge is 2.13. The van der Waals surface area contributed by atoms with E-state index in [-0.39, 0.29) is 6.42 Å². The van der Waals surface area contributed by atoms with E-state index >= 15 is 0 Å². The maximum atomic E-state index is 11.4.